The monoisotopic (exact) mass is 297 g/mol. The maximum atomic E-state index is 5.93. The summed E-state index contributed by atoms with van der Waals surface area (Å²) in [6.45, 7) is 0.647. The van der Waals surface area contributed by atoms with Gasteiger partial charge in [0.1, 0.15) is 11.8 Å². The molecule has 1 fully saturated rings. The fourth-order valence-electron chi connectivity index (χ4n) is 2.59. The number of aryl methyl sites for hydroxylation is 1. The number of ether oxygens (including phenoxy) is 1. The summed E-state index contributed by atoms with van der Waals surface area (Å²) in [5.41, 5.74) is 3.01. The van der Waals surface area contributed by atoms with E-state index in [-0.39, 0.29) is 0 Å². The molecule has 1 aliphatic rings. The Morgan fingerprint density at radius 1 is 1.32 bits per heavy atom. The van der Waals surface area contributed by atoms with E-state index in [1.807, 2.05) is 42.2 Å². The quantitative estimate of drug-likeness (QED) is 0.786. The highest BCUT2D eigenvalue weighted by atomic mass is 16.5. The van der Waals surface area contributed by atoms with Crippen molar-refractivity contribution in [2.45, 2.75) is 31.9 Å². The Bertz CT molecular complexity index is 754. The van der Waals surface area contributed by atoms with Gasteiger partial charge < -0.3 is 10.1 Å². The molecule has 0 radical (unpaired) electrons. The molecule has 0 aromatic carbocycles. The molecule has 114 valence electrons. The first-order chi connectivity index (χ1) is 10.8. The largest absolute Gasteiger partial charge is 0.472 e. The van der Waals surface area contributed by atoms with E-state index in [9.17, 15) is 0 Å². The molecule has 0 atom stereocenters. The van der Waals surface area contributed by atoms with Gasteiger partial charge in [0.2, 0.25) is 0 Å². The minimum Gasteiger partial charge on any atom is -0.472 e. The Balaban J connectivity index is 1.48. The normalized spacial score (nSPS) is 15.0. The molecule has 3 aromatic rings. The lowest BCUT2D eigenvalue weighted by Gasteiger charge is -2.25. The second-order valence-corrected chi connectivity index (χ2v) is 5.75. The Labute approximate surface area is 128 Å². The molecular weight excluding hydrogens is 278 g/mol. The van der Waals surface area contributed by atoms with E-state index in [0.717, 1.165) is 29.7 Å². The Hall–Kier alpha value is -2.50. The van der Waals surface area contributed by atoms with Gasteiger partial charge in [-0.3, -0.25) is 4.68 Å². The van der Waals surface area contributed by atoms with Crippen molar-refractivity contribution in [2.24, 2.45) is 7.05 Å². The van der Waals surface area contributed by atoms with Crippen LogP contribution in [0.4, 0.5) is 5.69 Å². The molecule has 0 unspecified atom stereocenters. The van der Waals surface area contributed by atoms with Gasteiger partial charge in [-0.1, -0.05) is 6.07 Å². The van der Waals surface area contributed by atoms with Gasteiger partial charge in [-0.05, 0) is 37.5 Å². The molecule has 6 nitrogen and oxygen atoms in total. The standard InChI is InChI=1S/C16H19N5O/c1-20-11-15(16(19-20)22-14-6-4-7-14)17-10-12-9-13-5-2-3-8-21(13)18-12/h2-3,5,8-9,11,14,17H,4,6-7,10H2,1H3. The third-order valence-electron chi connectivity index (χ3n) is 4.01. The second-order valence-electron chi connectivity index (χ2n) is 5.75. The van der Waals surface area contributed by atoms with Crippen molar-refractivity contribution >= 4 is 11.2 Å². The van der Waals surface area contributed by atoms with Crippen LogP contribution in [-0.4, -0.2) is 25.5 Å². The van der Waals surface area contributed by atoms with E-state index < -0.39 is 0 Å². The third kappa shape index (κ3) is 2.52. The maximum Gasteiger partial charge on any atom is 0.256 e. The molecular formula is C16H19N5O. The van der Waals surface area contributed by atoms with Crippen LogP contribution < -0.4 is 10.1 Å². The number of nitrogens with zero attached hydrogens (tertiary/aromatic N) is 4. The Kier molecular flexibility index (Phi) is 3.21. The van der Waals surface area contributed by atoms with Gasteiger partial charge in [-0.2, -0.15) is 5.10 Å². The summed E-state index contributed by atoms with van der Waals surface area (Å²) in [6, 6.07) is 8.12. The number of hydrogen-bond acceptors (Lipinski definition) is 4. The average molecular weight is 297 g/mol. The zero-order chi connectivity index (χ0) is 14.9. The maximum absolute atomic E-state index is 5.93. The van der Waals surface area contributed by atoms with Crippen LogP contribution in [0, 0.1) is 0 Å². The summed E-state index contributed by atoms with van der Waals surface area (Å²) in [6.07, 6.45) is 7.73. The van der Waals surface area contributed by atoms with Crippen LogP contribution in [0.25, 0.3) is 5.52 Å². The zero-order valence-corrected chi connectivity index (χ0v) is 12.6. The van der Waals surface area contributed by atoms with Crippen LogP contribution in [-0.2, 0) is 13.6 Å². The highest BCUT2D eigenvalue weighted by Crippen LogP contribution is 2.29. The van der Waals surface area contributed by atoms with Gasteiger partial charge in [0.05, 0.1) is 24.0 Å². The molecule has 6 heteroatoms. The minimum absolute atomic E-state index is 0.325. The summed E-state index contributed by atoms with van der Waals surface area (Å²) in [4.78, 5) is 0. The minimum atomic E-state index is 0.325. The van der Waals surface area contributed by atoms with Crippen LogP contribution in [0.1, 0.15) is 25.0 Å². The molecule has 1 saturated carbocycles. The highest BCUT2D eigenvalue weighted by molar-refractivity contribution is 5.52. The predicted octanol–water partition coefficient (Wildman–Crippen LogP) is 2.61. The molecule has 0 bridgehead atoms. The first-order valence-electron chi connectivity index (χ1n) is 7.65. The molecule has 1 N–H and O–H groups in total. The average Bonchev–Trinajstić information content (AvgIpc) is 3.03. The van der Waals surface area contributed by atoms with Crippen molar-refractivity contribution in [3.63, 3.8) is 0 Å². The van der Waals surface area contributed by atoms with Crippen molar-refractivity contribution in [1.82, 2.24) is 19.4 Å². The zero-order valence-electron chi connectivity index (χ0n) is 12.6. The highest BCUT2D eigenvalue weighted by Gasteiger charge is 2.22. The molecule has 3 aromatic heterocycles. The van der Waals surface area contributed by atoms with Crippen molar-refractivity contribution < 1.29 is 4.74 Å². The van der Waals surface area contributed by atoms with Gasteiger partial charge in [0.25, 0.3) is 5.88 Å². The number of fused-ring (bicyclic) bond motifs is 1. The van der Waals surface area contributed by atoms with Gasteiger partial charge in [0.15, 0.2) is 0 Å². The predicted molar refractivity (Wildman–Crippen MR) is 84.0 cm³/mol. The molecule has 0 saturated heterocycles. The van der Waals surface area contributed by atoms with E-state index in [2.05, 4.69) is 21.6 Å². The first kappa shape index (κ1) is 13.2. The Morgan fingerprint density at radius 2 is 2.23 bits per heavy atom. The van der Waals surface area contributed by atoms with E-state index >= 15 is 0 Å². The molecule has 0 spiro atoms. The molecule has 1 aliphatic carbocycles. The number of anilines is 1. The van der Waals surface area contributed by atoms with Crippen LogP contribution in [0.2, 0.25) is 0 Å². The van der Waals surface area contributed by atoms with Crippen molar-refractivity contribution in [2.75, 3.05) is 5.32 Å². The van der Waals surface area contributed by atoms with Crippen molar-refractivity contribution in [3.8, 4) is 5.88 Å². The molecule has 22 heavy (non-hydrogen) atoms. The lowest BCUT2D eigenvalue weighted by molar-refractivity contribution is 0.114. The summed E-state index contributed by atoms with van der Waals surface area (Å²) < 4.78 is 9.59. The van der Waals surface area contributed by atoms with E-state index in [0.29, 0.717) is 18.5 Å². The topological polar surface area (TPSA) is 56.4 Å². The van der Waals surface area contributed by atoms with Crippen LogP contribution in [0.3, 0.4) is 0 Å². The van der Waals surface area contributed by atoms with Gasteiger partial charge in [-0.15, -0.1) is 5.10 Å². The summed E-state index contributed by atoms with van der Waals surface area (Å²) in [7, 11) is 1.91. The summed E-state index contributed by atoms with van der Waals surface area (Å²) in [5, 5.41) is 12.3. The Morgan fingerprint density at radius 3 is 3.00 bits per heavy atom. The van der Waals surface area contributed by atoms with Gasteiger partial charge in [-0.25, -0.2) is 4.52 Å². The van der Waals surface area contributed by atoms with Crippen LogP contribution >= 0.6 is 0 Å². The van der Waals surface area contributed by atoms with E-state index in [1.54, 1.807) is 4.68 Å². The van der Waals surface area contributed by atoms with E-state index in [4.69, 9.17) is 4.74 Å². The molecule has 0 aliphatic heterocycles. The summed E-state index contributed by atoms with van der Waals surface area (Å²) >= 11 is 0. The number of pyridine rings is 1. The smallest absolute Gasteiger partial charge is 0.256 e. The van der Waals surface area contributed by atoms with E-state index in [1.165, 1.54) is 6.42 Å². The van der Waals surface area contributed by atoms with Gasteiger partial charge in [0, 0.05) is 13.2 Å². The summed E-state index contributed by atoms with van der Waals surface area (Å²) in [5.74, 6) is 0.691. The number of rotatable bonds is 5. The number of aromatic nitrogens is 4. The fourth-order valence-corrected chi connectivity index (χ4v) is 2.59. The number of hydrogen-bond donors (Lipinski definition) is 1. The molecule has 0 amide bonds. The molecule has 3 heterocycles. The van der Waals surface area contributed by atoms with Crippen molar-refractivity contribution in [1.29, 1.82) is 0 Å². The lowest BCUT2D eigenvalue weighted by atomic mass is 9.96. The van der Waals surface area contributed by atoms with Crippen molar-refractivity contribution in [3.05, 3.63) is 42.4 Å². The first-order valence-corrected chi connectivity index (χ1v) is 7.65. The number of nitrogens with one attached hydrogen (secondary N) is 1. The van der Waals surface area contributed by atoms with Crippen LogP contribution in [0.5, 0.6) is 5.88 Å². The SMILES string of the molecule is Cn1cc(NCc2cc3ccccn3n2)c(OC2CCC2)n1. The van der Waals surface area contributed by atoms with Crippen LogP contribution in [0.15, 0.2) is 36.7 Å². The lowest BCUT2D eigenvalue weighted by Crippen LogP contribution is -2.25. The van der Waals surface area contributed by atoms with Gasteiger partial charge >= 0.3 is 0 Å². The second kappa shape index (κ2) is 5.36. The third-order valence-corrected chi connectivity index (χ3v) is 4.01. The fraction of sp³-hybridized carbons (Fsp3) is 0.375. The molecule has 4 rings (SSSR count).